The molecule has 0 bridgehead atoms. The molecule has 0 aromatic heterocycles. The van der Waals surface area contributed by atoms with E-state index in [1.807, 2.05) is 63.3 Å². The van der Waals surface area contributed by atoms with Gasteiger partial charge >= 0.3 is 6.09 Å². The molecule has 208 valence electrons. The molecule has 2 atom stereocenters. The fraction of sp³-hybridized carbons (Fsp3) is 0.533. The fourth-order valence-electron chi connectivity index (χ4n) is 3.82. The molecular weight excluding hydrogens is 499 g/mol. The van der Waals surface area contributed by atoms with Crippen molar-refractivity contribution in [2.75, 3.05) is 25.2 Å². The number of hydrogen-bond acceptors (Lipinski definition) is 5. The highest BCUT2D eigenvalue weighted by Gasteiger charge is 2.39. The van der Waals surface area contributed by atoms with Gasteiger partial charge in [-0.1, -0.05) is 45.1 Å². The predicted octanol–water partition coefficient (Wildman–Crippen LogP) is 7.38. The van der Waals surface area contributed by atoms with Gasteiger partial charge in [0, 0.05) is 19.2 Å². The van der Waals surface area contributed by atoms with Crippen LogP contribution in [-0.4, -0.2) is 58.2 Å². The first-order chi connectivity index (χ1) is 17.6. The maximum absolute atomic E-state index is 13.8. The third-order valence-electron chi connectivity index (χ3n) is 7.08. The van der Waals surface area contributed by atoms with E-state index in [9.17, 15) is 9.18 Å². The van der Waals surface area contributed by atoms with Crippen LogP contribution >= 0.6 is 0 Å². The number of nitrogens with zero attached hydrogens (tertiary/aromatic N) is 2. The number of anilines is 1. The number of halogens is 1. The lowest BCUT2D eigenvalue weighted by molar-refractivity contribution is 0.0580. The number of aliphatic imine (C=N–C) groups is 1. The topological polar surface area (TPSA) is 60.4 Å². The van der Waals surface area contributed by atoms with E-state index >= 15 is 0 Å². The molecule has 1 aromatic carbocycles. The SMILES string of the molecule is CN(C(=O)OC(C)(C)C)c1ccc(C2=NC3CC(OCC(CF)O[Si](C)(C)C(C)(C)C)=CC=C3C=C2)cc1. The molecule has 2 aliphatic rings. The second-order valence-corrected chi connectivity index (χ2v) is 17.2. The fourth-order valence-corrected chi connectivity index (χ4v) is 5.14. The average Bonchev–Trinajstić information content (AvgIpc) is 2.84. The summed E-state index contributed by atoms with van der Waals surface area (Å²) < 4.78 is 31.4. The highest BCUT2D eigenvalue weighted by Crippen LogP contribution is 2.37. The minimum absolute atomic E-state index is 0.00502. The van der Waals surface area contributed by atoms with Gasteiger partial charge in [-0.25, -0.2) is 9.18 Å². The van der Waals surface area contributed by atoms with E-state index in [2.05, 4.69) is 39.9 Å². The number of rotatable bonds is 8. The summed E-state index contributed by atoms with van der Waals surface area (Å²) in [5, 5.41) is 0.00502. The van der Waals surface area contributed by atoms with Crippen molar-refractivity contribution in [1.29, 1.82) is 0 Å². The standard InChI is InChI=1S/C30H43FN2O4Si/c1-29(2,3)36-28(34)33(7)23-14-10-21(11-15-23)26-17-13-22-12-16-24(18-27(22)32-26)35-20-25(19-31)37-38(8,9)30(4,5)6/h10-17,25,27H,18-20H2,1-9H3. The number of hydrogen-bond donors (Lipinski definition) is 0. The summed E-state index contributed by atoms with van der Waals surface area (Å²) >= 11 is 0. The molecule has 1 aliphatic carbocycles. The van der Waals surface area contributed by atoms with Crippen molar-refractivity contribution in [2.45, 2.75) is 83.8 Å². The van der Waals surface area contributed by atoms with Crippen LogP contribution in [0.25, 0.3) is 0 Å². The zero-order chi connectivity index (χ0) is 28.3. The molecule has 1 aliphatic heterocycles. The van der Waals surface area contributed by atoms with Crippen molar-refractivity contribution in [3.05, 3.63) is 65.5 Å². The molecule has 8 heteroatoms. The number of carbonyl (C=O) groups is 1. The first kappa shape index (κ1) is 29.8. The minimum atomic E-state index is -2.09. The Morgan fingerprint density at radius 1 is 1.11 bits per heavy atom. The molecule has 0 radical (unpaired) electrons. The number of alkyl halides is 1. The number of ether oxygens (including phenoxy) is 2. The van der Waals surface area contributed by atoms with Crippen molar-refractivity contribution in [3.8, 4) is 0 Å². The van der Waals surface area contributed by atoms with E-state index in [0.29, 0.717) is 6.42 Å². The van der Waals surface area contributed by atoms with Gasteiger partial charge < -0.3 is 13.9 Å². The molecule has 1 aromatic rings. The molecule has 1 heterocycles. The number of benzene rings is 1. The van der Waals surface area contributed by atoms with Crippen LogP contribution in [0.3, 0.4) is 0 Å². The molecule has 3 rings (SSSR count). The summed E-state index contributed by atoms with van der Waals surface area (Å²) in [4.78, 5) is 18.8. The lowest BCUT2D eigenvalue weighted by Crippen LogP contribution is -2.45. The van der Waals surface area contributed by atoms with Gasteiger partial charge in [-0.3, -0.25) is 9.89 Å². The molecule has 0 N–H and O–H groups in total. The number of allylic oxidation sites excluding steroid dienone is 3. The van der Waals surface area contributed by atoms with Crippen LogP contribution in [0.4, 0.5) is 14.9 Å². The number of amides is 1. The van der Waals surface area contributed by atoms with Crippen molar-refractivity contribution >= 4 is 25.8 Å². The van der Waals surface area contributed by atoms with Gasteiger partial charge in [0.2, 0.25) is 0 Å². The molecule has 2 unspecified atom stereocenters. The Bertz CT molecular complexity index is 1120. The maximum Gasteiger partial charge on any atom is 0.414 e. The Morgan fingerprint density at radius 3 is 2.34 bits per heavy atom. The summed E-state index contributed by atoms with van der Waals surface area (Å²) in [6.45, 7) is 15.8. The molecule has 38 heavy (non-hydrogen) atoms. The maximum atomic E-state index is 13.8. The third-order valence-corrected chi connectivity index (χ3v) is 11.6. The van der Waals surface area contributed by atoms with Crippen molar-refractivity contribution in [3.63, 3.8) is 0 Å². The lowest BCUT2D eigenvalue weighted by Gasteiger charge is -2.38. The summed E-state index contributed by atoms with van der Waals surface area (Å²) in [5.41, 5.74) is 3.12. The highest BCUT2D eigenvalue weighted by atomic mass is 28.4. The number of dihydropyridines is 1. The van der Waals surface area contributed by atoms with E-state index in [-0.39, 0.29) is 17.7 Å². The van der Waals surface area contributed by atoms with Crippen LogP contribution in [0.1, 0.15) is 53.5 Å². The Balaban J connectivity index is 1.63. The van der Waals surface area contributed by atoms with Gasteiger partial charge in [-0.05, 0) is 74.3 Å². The lowest BCUT2D eigenvalue weighted by atomic mass is 9.93. The zero-order valence-corrected chi connectivity index (χ0v) is 25.3. The Morgan fingerprint density at radius 2 is 1.76 bits per heavy atom. The van der Waals surface area contributed by atoms with Crippen LogP contribution in [0.5, 0.6) is 0 Å². The number of carbonyl (C=O) groups excluding carboxylic acids is 1. The average molecular weight is 543 g/mol. The summed E-state index contributed by atoms with van der Waals surface area (Å²) in [7, 11) is -0.396. The van der Waals surface area contributed by atoms with Gasteiger partial charge in [0.15, 0.2) is 8.32 Å². The van der Waals surface area contributed by atoms with Crippen LogP contribution in [0.2, 0.25) is 18.1 Å². The first-order valence-electron chi connectivity index (χ1n) is 13.2. The van der Waals surface area contributed by atoms with Crippen molar-refractivity contribution in [1.82, 2.24) is 0 Å². The van der Waals surface area contributed by atoms with E-state index in [1.165, 1.54) is 4.90 Å². The Labute approximate surface area is 228 Å². The van der Waals surface area contributed by atoms with Gasteiger partial charge in [0.1, 0.15) is 25.0 Å². The van der Waals surface area contributed by atoms with Crippen molar-refractivity contribution in [2.24, 2.45) is 4.99 Å². The van der Waals surface area contributed by atoms with Crippen LogP contribution in [0.15, 0.2) is 64.9 Å². The molecule has 0 saturated heterocycles. The van der Waals surface area contributed by atoms with Gasteiger partial charge in [0.05, 0.1) is 17.5 Å². The highest BCUT2D eigenvalue weighted by molar-refractivity contribution is 6.74. The van der Waals surface area contributed by atoms with Crippen LogP contribution < -0.4 is 4.90 Å². The molecule has 6 nitrogen and oxygen atoms in total. The molecule has 1 amide bonds. The quantitative estimate of drug-likeness (QED) is 0.322. The van der Waals surface area contributed by atoms with Gasteiger partial charge in [-0.15, -0.1) is 0 Å². The first-order valence-corrected chi connectivity index (χ1v) is 16.1. The van der Waals surface area contributed by atoms with E-state index in [0.717, 1.165) is 28.3 Å². The third kappa shape index (κ3) is 7.66. The van der Waals surface area contributed by atoms with Crippen LogP contribution in [0, 0.1) is 0 Å². The predicted molar refractivity (Wildman–Crippen MR) is 155 cm³/mol. The zero-order valence-electron chi connectivity index (χ0n) is 24.3. The van der Waals surface area contributed by atoms with Gasteiger partial charge in [-0.2, -0.15) is 0 Å². The molecule has 0 spiro atoms. The van der Waals surface area contributed by atoms with E-state index in [1.54, 1.807) is 7.05 Å². The molecular formula is C30H43FN2O4Si. The van der Waals surface area contributed by atoms with Crippen molar-refractivity contribution < 1.29 is 23.1 Å². The normalized spacial score (nSPS) is 18.6. The molecule has 0 saturated carbocycles. The smallest absolute Gasteiger partial charge is 0.414 e. The minimum Gasteiger partial charge on any atom is -0.495 e. The summed E-state index contributed by atoms with van der Waals surface area (Å²) in [5.74, 6) is 0.781. The number of fused-ring (bicyclic) bond motifs is 1. The second-order valence-electron chi connectivity index (χ2n) is 12.4. The second kappa shape index (κ2) is 11.6. The monoisotopic (exact) mass is 542 g/mol. The van der Waals surface area contributed by atoms with Gasteiger partial charge in [0.25, 0.3) is 0 Å². The summed E-state index contributed by atoms with van der Waals surface area (Å²) in [6, 6.07) is 7.61. The Kier molecular flexibility index (Phi) is 9.09. The summed E-state index contributed by atoms with van der Waals surface area (Å²) in [6.07, 6.45) is 7.66. The molecule has 0 fully saturated rings. The van der Waals surface area contributed by atoms with Crippen LogP contribution in [-0.2, 0) is 13.9 Å². The van der Waals surface area contributed by atoms with E-state index in [4.69, 9.17) is 18.9 Å². The Hall–Kier alpha value is -2.71. The largest absolute Gasteiger partial charge is 0.495 e. The van der Waals surface area contributed by atoms with E-state index < -0.39 is 32.8 Å².